The minimum atomic E-state index is -4.15. The maximum absolute atomic E-state index is 11.4. The van der Waals surface area contributed by atoms with Crippen molar-refractivity contribution in [2.75, 3.05) is 34.4 Å². The van der Waals surface area contributed by atoms with E-state index in [1.54, 1.807) is 30.4 Å². The molecule has 250 valence electrons. The molecular formula is C34H34ClN4O7S2+. The molecule has 0 saturated carbocycles. The van der Waals surface area contributed by atoms with Gasteiger partial charge in [0.2, 0.25) is 5.58 Å². The summed E-state index contributed by atoms with van der Waals surface area (Å²) in [6.45, 7) is 3.07. The summed E-state index contributed by atoms with van der Waals surface area (Å²) < 4.78 is 72.2. The summed E-state index contributed by atoms with van der Waals surface area (Å²) in [5.74, 6) is 0.414. The number of allylic oxidation sites excluding steroid dienone is 4. The van der Waals surface area contributed by atoms with Gasteiger partial charge in [0.15, 0.2) is 6.54 Å². The SMILES string of the molecule is CCN1C(=CC=CC=Cc2oc3ccc(-c4ccccc4)cc3[n+]2CCCS(=O)(=O)O)N(CCCS(=O)(=O)O)c2cc(C#N)c(Cl)cc21. The van der Waals surface area contributed by atoms with Crippen LogP contribution in [-0.2, 0) is 26.8 Å². The number of fused-ring (bicyclic) bond motifs is 2. The third-order valence-corrected chi connectivity index (χ3v) is 9.67. The van der Waals surface area contributed by atoms with Crippen molar-refractivity contribution in [2.24, 2.45) is 0 Å². The third kappa shape index (κ3) is 8.33. The molecule has 0 atom stereocenters. The first-order valence-corrected chi connectivity index (χ1v) is 18.7. The van der Waals surface area contributed by atoms with Crippen LogP contribution in [0.25, 0.3) is 28.3 Å². The molecule has 0 fully saturated rings. The van der Waals surface area contributed by atoms with E-state index in [2.05, 4.69) is 6.07 Å². The molecule has 0 aliphatic carbocycles. The lowest BCUT2D eigenvalue weighted by Crippen LogP contribution is -2.36. The highest BCUT2D eigenvalue weighted by Gasteiger charge is 2.31. The fourth-order valence-corrected chi connectivity index (χ4v) is 6.82. The average Bonchev–Trinajstić information content (AvgIpc) is 3.52. The van der Waals surface area contributed by atoms with Gasteiger partial charge in [0.05, 0.1) is 39.5 Å². The van der Waals surface area contributed by atoms with Gasteiger partial charge in [-0.3, -0.25) is 9.11 Å². The van der Waals surface area contributed by atoms with E-state index in [-0.39, 0.29) is 37.2 Å². The Kier molecular flexibility index (Phi) is 10.7. The minimum Gasteiger partial charge on any atom is -0.398 e. The fourth-order valence-electron chi connectivity index (χ4n) is 5.63. The van der Waals surface area contributed by atoms with Crippen molar-refractivity contribution >= 4 is 60.4 Å². The molecule has 3 aromatic carbocycles. The van der Waals surface area contributed by atoms with Gasteiger partial charge in [-0.05, 0) is 48.7 Å². The van der Waals surface area contributed by atoms with E-state index < -0.39 is 26.0 Å². The molecule has 2 N–H and O–H groups in total. The molecule has 0 saturated heterocycles. The Labute approximate surface area is 284 Å². The highest BCUT2D eigenvalue weighted by molar-refractivity contribution is 7.86. The van der Waals surface area contributed by atoms with Crippen molar-refractivity contribution in [3.63, 3.8) is 0 Å². The van der Waals surface area contributed by atoms with Gasteiger partial charge in [-0.1, -0.05) is 66.2 Å². The monoisotopic (exact) mass is 709 g/mol. The first-order valence-electron chi connectivity index (χ1n) is 15.1. The molecule has 1 aliphatic rings. The molecule has 1 aromatic heterocycles. The molecule has 11 nitrogen and oxygen atoms in total. The quantitative estimate of drug-likeness (QED) is 0.0928. The zero-order valence-corrected chi connectivity index (χ0v) is 28.4. The summed E-state index contributed by atoms with van der Waals surface area (Å²) >= 11 is 6.35. The highest BCUT2D eigenvalue weighted by Crippen LogP contribution is 2.44. The molecule has 0 spiro atoms. The number of halogens is 1. The zero-order chi connectivity index (χ0) is 34.5. The molecule has 5 rings (SSSR count). The lowest BCUT2D eigenvalue weighted by Gasteiger charge is -2.24. The largest absolute Gasteiger partial charge is 0.398 e. The van der Waals surface area contributed by atoms with Crippen molar-refractivity contribution in [3.05, 3.63) is 107 Å². The van der Waals surface area contributed by atoms with Gasteiger partial charge in [0, 0.05) is 25.6 Å². The number of nitrogens with zero attached hydrogens (tertiary/aromatic N) is 4. The molecule has 2 heterocycles. The molecule has 4 aromatic rings. The van der Waals surface area contributed by atoms with Crippen LogP contribution in [0, 0.1) is 11.3 Å². The Bertz CT molecular complexity index is 2170. The highest BCUT2D eigenvalue weighted by atomic mass is 35.5. The van der Waals surface area contributed by atoms with E-state index in [0.29, 0.717) is 28.7 Å². The number of hydrogen-bond donors (Lipinski definition) is 2. The van der Waals surface area contributed by atoms with Gasteiger partial charge in [0.1, 0.15) is 11.9 Å². The molecule has 0 radical (unpaired) electrons. The Hall–Kier alpha value is -4.45. The summed E-state index contributed by atoms with van der Waals surface area (Å²) in [5, 5.41) is 9.86. The Morgan fingerprint density at radius 2 is 1.60 bits per heavy atom. The minimum absolute atomic E-state index is 0.150. The fraction of sp³-hybridized carbons (Fsp3) is 0.235. The van der Waals surface area contributed by atoms with Crippen molar-refractivity contribution in [1.29, 1.82) is 5.26 Å². The lowest BCUT2D eigenvalue weighted by molar-refractivity contribution is -0.677. The molecule has 0 bridgehead atoms. The number of aromatic nitrogens is 1. The Balaban J connectivity index is 1.45. The van der Waals surface area contributed by atoms with Crippen molar-refractivity contribution in [2.45, 2.75) is 26.3 Å². The number of aryl methyl sites for hydroxylation is 1. The second kappa shape index (κ2) is 14.8. The van der Waals surface area contributed by atoms with Gasteiger partial charge >= 0.3 is 5.89 Å². The predicted octanol–water partition coefficient (Wildman–Crippen LogP) is 6.23. The summed E-state index contributed by atoms with van der Waals surface area (Å²) in [6, 6.07) is 21.1. The van der Waals surface area contributed by atoms with Crippen LogP contribution >= 0.6 is 11.6 Å². The zero-order valence-electron chi connectivity index (χ0n) is 26.0. The normalized spacial score (nSPS) is 14.5. The van der Waals surface area contributed by atoms with Crippen LogP contribution in [0.5, 0.6) is 0 Å². The maximum atomic E-state index is 11.4. The second-order valence-corrected chi connectivity index (χ2v) is 14.6. The summed E-state index contributed by atoms with van der Waals surface area (Å²) in [6.07, 6.45) is 9.31. The molecule has 0 unspecified atom stereocenters. The van der Waals surface area contributed by atoms with Crippen LogP contribution in [0.2, 0.25) is 5.02 Å². The van der Waals surface area contributed by atoms with Gasteiger partial charge in [-0.2, -0.15) is 26.7 Å². The van der Waals surface area contributed by atoms with Crippen molar-refractivity contribution in [1.82, 2.24) is 0 Å². The van der Waals surface area contributed by atoms with Crippen LogP contribution in [0.4, 0.5) is 11.4 Å². The topological polar surface area (TPSA) is 156 Å². The van der Waals surface area contributed by atoms with Gasteiger partial charge < -0.3 is 14.2 Å². The molecule has 0 amide bonds. The van der Waals surface area contributed by atoms with E-state index in [0.717, 1.165) is 28.2 Å². The number of rotatable bonds is 13. The van der Waals surface area contributed by atoms with Crippen LogP contribution in [0.1, 0.15) is 31.2 Å². The number of hydrogen-bond acceptors (Lipinski definition) is 8. The second-order valence-electron chi connectivity index (χ2n) is 11.0. The summed E-state index contributed by atoms with van der Waals surface area (Å²) in [5.41, 5.74) is 5.14. The van der Waals surface area contributed by atoms with E-state index in [9.17, 15) is 31.2 Å². The third-order valence-electron chi connectivity index (χ3n) is 7.75. The van der Waals surface area contributed by atoms with Gasteiger partial charge in [0.25, 0.3) is 25.8 Å². The van der Waals surface area contributed by atoms with Crippen LogP contribution < -0.4 is 14.4 Å². The van der Waals surface area contributed by atoms with Crippen LogP contribution in [0.15, 0.2) is 95.2 Å². The van der Waals surface area contributed by atoms with Gasteiger partial charge in [-0.25, -0.2) is 0 Å². The van der Waals surface area contributed by atoms with E-state index >= 15 is 0 Å². The van der Waals surface area contributed by atoms with E-state index in [4.69, 9.17) is 16.0 Å². The van der Waals surface area contributed by atoms with E-state index in [1.807, 2.05) is 82.0 Å². The van der Waals surface area contributed by atoms with Crippen molar-refractivity contribution in [3.8, 4) is 17.2 Å². The molecule has 48 heavy (non-hydrogen) atoms. The molecule has 1 aliphatic heterocycles. The predicted molar refractivity (Wildman–Crippen MR) is 187 cm³/mol. The Morgan fingerprint density at radius 3 is 2.29 bits per heavy atom. The standard InChI is InChI=1S/C34H33ClN4O7S2/c1-2-37-30-23-28(35)27(24-36)22-29(30)38(17-9-19-47(40,41)42)33(37)13-7-4-8-14-34-39(18-10-20-48(43,44)45)31-21-26(15-16-32(31)46-34)25-11-5-3-6-12-25/h3-8,11-16,21-23H,2,9-10,17-20H2,1H3,(H-,40,41,42,43,44,45)/p+1. The lowest BCUT2D eigenvalue weighted by atomic mass is 10.1. The maximum Gasteiger partial charge on any atom is 0.374 e. The summed E-state index contributed by atoms with van der Waals surface area (Å²) in [7, 11) is -8.28. The Morgan fingerprint density at radius 1 is 0.896 bits per heavy atom. The van der Waals surface area contributed by atoms with Crippen LogP contribution in [-0.4, -0.2) is 50.5 Å². The molecule has 14 heteroatoms. The number of nitriles is 1. The first-order chi connectivity index (χ1) is 22.9. The number of anilines is 2. The molecular weight excluding hydrogens is 676 g/mol. The van der Waals surface area contributed by atoms with E-state index in [1.165, 1.54) is 0 Å². The smallest absolute Gasteiger partial charge is 0.374 e. The average molecular weight is 710 g/mol. The van der Waals surface area contributed by atoms with Crippen LogP contribution in [0.3, 0.4) is 0 Å². The number of benzene rings is 3. The van der Waals surface area contributed by atoms with Crippen molar-refractivity contribution < 1.29 is 34.9 Å². The summed E-state index contributed by atoms with van der Waals surface area (Å²) in [4.78, 5) is 3.89. The first kappa shape index (κ1) is 34.9. The van der Waals surface area contributed by atoms with Gasteiger partial charge in [-0.15, -0.1) is 0 Å². The number of oxazole rings is 1.